The molecule has 0 atom stereocenters. The molecule has 0 radical (unpaired) electrons. The second-order valence-electron chi connectivity index (χ2n) is 7.30. The number of methoxy groups -OCH3 is 1. The van der Waals surface area contributed by atoms with Crippen LogP contribution in [0, 0.1) is 35.7 Å². The number of benzene rings is 2. The second kappa shape index (κ2) is 9.84. The van der Waals surface area contributed by atoms with E-state index in [1.807, 2.05) is 50.2 Å². The van der Waals surface area contributed by atoms with Crippen LogP contribution in [0.2, 0.25) is 0 Å². The summed E-state index contributed by atoms with van der Waals surface area (Å²) >= 11 is 2.32. The molecule has 3 rings (SSSR count). The number of rotatable bonds is 6. The molecular formula is C25H24IN3O2. The molecule has 5 nitrogen and oxygen atoms in total. The van der Waals surface area contributed by atoms with Crippen molar-refractivity contribution in [1.82, 2.24) is 9.88 Å². The molecule has 2 aromatic carbocycles. The van der Waals surface area contributed by atoms with E-state index in [1.54, 1.807) is 13.2 Å². The standard InChI is InChI=1S/C25H24IN3O2/c1-16-11-22(7-10-24(16)26)29-17(2)12-20(18(29)3)13-21(14-27)25(30)28-15-19-5-8-23(31-4)9-6-19/h5-13H,15H2,1-4H3,(H,28,30)/b21-13+. The lowest BCUT2D eigenvalue weighted by Crippen LogP contribution is -2.23. The number of carbonyl (C=O) groups is 1. The highest BCUT2D eigenvalue weighted by atomic mass is 127. The average molecular weight is 525 g/mol. The highest BCUT2D eigenvalue weighted by Crippen LogP contribution is 2.25. The monoisotopic (exact) mass is 525 g/mol. The summed E-state index contributed by atoms with van der Waals surface area (Å²) < 4.78 is 8.49. The van der Waals surface area contributed by atoms with Crippen LogP contribution in [0.1, 0.15) is 28.1 Å². The summed E-state index contributed by atoms with van der Waals surface area (Å²) in [5, 5.41) is 12.4. The summed E-state index contributed by atoms with van der Waals surface area (Å²) in [6.07, 6.45) is 1.65. The molecule has 158 valence electrons. The van der Waals surface area contributed by atoms with Gasteiger partial charge in [-0.2, -0.15) is 5.26 Å². The third-order valence-corrected chi connectivity index (χ3v) is 6.36. The molecule has 1 aromatic heterocycles. The Bertz CT molecular complexity index is 1180. The molecule has 0 saturated heterocycles. The van der Waals surface area contributed by atoms with Crippen LogP contribution < -0.4 is 10.1 Å². The number of hydrogen-bond donors (Lipinski definition) is 1. The van der Waals surface area contributed by atoms with Crippen molar-refractivity contribution < 1.29 is 9.53 Å². The van der Waals surface area contributed by atoms with Crippen LogP contribution >= 0.6 is 22.6 Å². The van der Waals surface area contributed by atoms with E-state index >= 15 is 0 Å². The first kappa shape index (κ1) is 22.6. The summed E-state index contributed by atoms with van der Waals surface area (Å²) in [5.41, 5.74) is 6.15. The number of nitriles is 1. The fourth-order valence-corrected chi connectivity index (χ4v) is 3.76. The molecule has 0 fully saturated rings. The molecular weight excluding hydrogens is 501 g/mol. The van der Waals surface area contributed by atoms with Gasteiger partial charge in [-0.3, -0.25) is 4.79 Å². The smallest absolute Gasteiger partial charge is 0.262 e. The number of aryl methyl sites for hydroxylation is 2. The quantitative estimate of drug-likeness (QED) is 0.272. The van der Waals surface area contributed by atoms with Crippen molar-refractivity contribution in [2.75, 3.05) is 7.11 Å². The van der Waals surface area contributed by atoms with Gasteiger partial charge in [0.1, 0.15) is 17.4 Å². The van der Waals surface area contributed by atoms with Crippen molar-refractivity contribution in [2.24, 2.45) is 0 Å². The largest absolute Gasteiger partial charge is 0.497 e. The molecule has 3 aromatic rings. The predicted molar refractivity (Wildman–Crippen MR) is 131 cm³/mol. The number of halogens is 1. The van der Waals surface area contributed by atoms with Gasteiger partial charge < -0.3 is 14.6 Å². The lowest BCUT2D eigenvalue weighted by molar-refractivity contribution is -0.117. The van der Waals surface area contributed by atoms with Crippen LogP contribution in [0.3, 0.4) is 0 Å². The van der Waals surface area contributed by atoms with Crippen LogP contribution in [-0.2, 0) is 11.3 Å². The molecule has 0 aliphatic heterocycles. The number of ether oxygens (including phenoxy) is 1. The first-order chi connectivity index (χ1) is 14.8. The predicted octanol–water partition coefficient (Wildman–Crippen LogP) is 5.24. The molecule has 0 aliphatic rings. The SMILES string of the molecule is COc1ccc(CNC(=O)/C(C#N)=C/c2cc(C)n(-c3ccc(I)c(C)c3)c2C)cc1. The molecule has 0 aliphatic carbocycles. The van der Waals surface area contributed by atoms with Gasteiger partial charge in [-0.1, -0.05) is 12.1 Å². The summed E-state index contributed by atoms with van der Waals surface area (Å²) in [6, 6.07) is 17.8. The van der Waals surface area contributed by atoms with Gasteiger partial charge in [-0.15, -0.1) is 0 Å². The fourth-order valence-electron chi connectivity index (χ4n) is 3.42. The minimum atomic E-state index is -0.395. The number of carbonyl (C=O) groups excluding carboxylic acids is 1. The van der Waals surface area contributed by atoms with Crippen LogP contribution in [0.4, 0.5) is 0 Å². The van der Waals surface area contributed by atoms with Crippen molar-refractivity contribution in [3.63, 3.8) is 0 Å². The molecule has 0 bridgehead atoms. The van der Waals surface area contributed by atoms with Gasteiger partial charge in [0, 0.05) is 27.2 Å². The zero-order valence-electron chi connectivity index (χ0n) is 18.0. The summed E-state index contributed by atoms with van der Waals surface area (Å²) in [6.45, 7) is 6.44. The Labute approximate surface area is 196 Å². The van der Waals surface area contributed by atoms with Crippen LogP contribution in [0.15, 0.2) is 54.1 Å². The maximum Gasteiger partial charge on any atom is 0.262 e. The Morgan fingerprint density at radius 2 is 1.87 bits per heavy atom. The zero-order chi connectivity index (χ0) is 22.5. The lowest BCUT2D eigenvalue weighted by Gasteiger charge is -2.11. The number of nitrogens with one attached hydrogen (secondary N) is 1. The van der Waals surface area contributed by atoms with Crippen molar-refractivity contribution >= 4 is 34.6 Å². The zero-order valence-corrected chi connectivity index (χ0v) is 20.1. The maximum atomic E-state index is 12.6. The van der Waals surface area contributed by atoms with Gasteiger partial charge in [0.25, 0.3) is 5.91 Å². The van der Waals surface area contributed by atoms with E-state index in [0.29, 0.717) is 6.54 Å². The normalized spacial score (nSPS) is 11.2. The number of nitrogens with zero attached hydrogens (tertiary/aromatic N) is 2. The maximum absolute atomic E-state index is 12.6. The molecule has 0 unspecified atom stereocenters. The second-order valence-corrected chi connectivity index (χ2v) is 8.46. The van der Waals surface area contributed by atoms with E-state index in [-0.39, 0.29) is 5.57 Å². The topological polar surface area (TPSA) is 67.0 Å². The Morgan fingerprint density at radius 1 is 1.16 bits per heavy atom. The Hall–Kier alpha value is -3.05. The van der Waals surface area contributed by atoms with E-state index in [1.165, 1.54) is 9.13 Å². The molecule has 1 N–H and O–H groups in total. The Morgan fingerprint density at radius 3 is 2.48 bits per heavy atom. The summed E-state index contributed by atoms with van der Waals surface area (Å²) in [5.74, 6) is 0.361. The summed E-state index contributed by atoms with van der Waals surface area (Å²) in [7, 11) is 1.61. The lowest BCUT2D eigenvalue weighted by atomic mass is 10.1. The van der Waals surface area contributed by atoms with Gasteiger partial charge in [0.05, 0.1) is 7.11 Å². The third kappa shape index (κ3) is 5.17. The first-order valence-electron chi connectivity index (χ1n) is 9.82. The van der Waals surface area contributed by atoms with Gasteiger partial charge >= 0.3 is 0 Å². The molecule has 6 heteroatoms. The molecule has 31 heavy (non-hydrogen) atoms. The van der Waals surface area contributed by atoms with Crippen LogP contribution in [0.25, 0.3) is 11.8 Å². The molecule has 1 heterocycles. The van der Waals surface area contributed by atoms with E-state index in [2.05, 4.69) is 57.6 Å². The van der Waals surface area contributed by atoms with Crippen LogP contribution in [-0.4, -0.2) is 17.6 Å². The van der Waals surface area contributed by atoms with E-state index < -0.39 is 5.91 Å². The van der Waals surface area contributed by atoms with E-state index in [4.69, 9.17) is 4.74 Å². The van der Waals surface area contributed by atoms with Gasteiger partial charge in [-0.25, -0.2) is 0 Å². The third-order valence-electron chi connectivity index (χ3n) is 5.15. The van der Waals surface area contributed by atoms with E-state index in [9.17, 15) is 10.1 Å². The van der Waals surface area contributed by atoms with E-state index in [0.717, 1.165) is 34.0 Å². The number of hydrogen-bond acceptors (Lipinski definition) is 3. The van der Waals surface area contributed by atoms with Crippen molar-refractivity contribution in [1.29, 1.82) is 5.26 Å². The van der Waals surface area contributed by atoms with Crippen molar-refractivity contribution in [2.45, 2.75) is 27.3 Å². The molecule has 0 spiro atoms. The number of amides is 1. The minimum absolute atomic E-state index is 0.0764. The number of aromatic nitrogens is 1. The van der Waals surface area contributed by atoms with Gasteiger partial charge in [0.2, 0.25) is 0 Å². The van der Waals surface area contributed by atoms with Crippen molar-refractivity contribution in [3.05, 3.63) is 85.8 Å². The Kier molecular flexibility index (Phi) is 7.18. The summed E-state index contributed by atoms with van der Waals surface area (Å²) in [4.78, 5) is 12.6. The Balaban J connectivity index is 1.82. The first-order valence-corrected chi connectivity index (χ1v) is 10.9. The van der Waals surface area contributed by atoms with Crippen molar-refractivity contribution in [3.8, 4) is 17.5 Å². The minimum Gasteiger partial charge on any atom is -0.497 e. The highest BCUT2D eigenvalue weighted by molar-refractivity contribution is 14.1. The van der Waals surface area contributed by atoms with Gasteiger partial charge in [-0.05, 0) is 103 Å². The average Bonchev–Trinajstić information content (AvgIpc) is 3.05. The van der Waals surface area contributed by atoms with Crippen LogP contribution in [0.5, 0.6) is 5.75 Å². The molecule has 1 amide bonds. The van der Waals surface area contributed by atoms with Gasteiger partial charge in [0.15, 0.2) is 0 Å². The fraction of sp³-hybridized carbons (Fsp3) is 0.200. The molecule has 0 saturated carbocycles. The highest BCUT2D eigenvalue weighted by Gasteiger charge is 2.14.